The smallest absolute Gasteiger partial charge is 0.416 e. The van der Waals surface area contributed by atoms with E-state index in [1.54, 1.807) is 48.6 Å². The molecule has 1 aliphatic rings. The van der Waals surface area contributed by atoms with E-state index in [-0.39, 0.29) is 17.9 Å². The lowest BCUT2D eigenvalue weighted by molar-refractivity contribution is -0.137. The summed E-state index contributed by atoms with van der Waals surface area (Å²) in [6.45, 7) is 6.16. The predicted molar refractivity (Wildman–Crippen MR) is 141 cm³/mol. The van der Waals surface area contributed by atoms with Crippen LogP contribution in [0.15, 0.2) is 94.5 Å². The number of alkyl halides is 3. The first-order valence-corrected chi connectivity index (χ1v) is 12.1. The van der Waals surface area contributed by atoms with Crippen molar-refractivity contribution in [2.75, 3.05) is 18.2 Å². The van der Waals surface area contributed by atoms with E-state index in [2.05, 4.69) is 27.6 Å². The lowest BCUT2D eigenvalue weighted by Crippen LogP contribution is -2.22. The number of rotatable bonds is 8. The van der Waals surface area contributed by atoms with Crippen LogP contribution < -0.4 is 14.5 Å². The van der Waals surface area contributed by atoms with Gasteiger partial charge in [0.2, 0.25) is 0 Å². The molecule has 0 fully saturated rings. The average Bonchev–Trinajstić information content (AvgIpc) is 3.21. The maximum Gasteiger partial charge on any atom is 0.416 e. The van der Waals surface area contributed by atoms with Crippen LogP contribution in [0.5, 0.6) is 11.5 Å². The number of nitrogens with zero attached hydrogens (tertiary/aromatic N) is 2. The van der Waals surface area contributed by atoms with Gasteiger partial charge in [-0.1, -0.05) is 65.0 Å². The number of hydrazone groups is 1. The van der Waals surface area contributed by atoms with Crippen molar-refractivity contribution in [2.45, 2.75) is 13.1 Å². The van der Waals surface area contributed by atoms with E-state index in [1.807, 2.05) is 13.0 Å². The van der Waals surface area contributed by atoms with E-state index in [9.17, 15) is 18.0 Å². The lowest BCUT2D eigenvalue weighted by atomic mass is 10.00. The molecule has 0 saturated heterocycles. The van der Waals surface area contributed by atoms with E-state index in [0.29, 0.717) is 39.4 Å². The molecule has 0 unspecified atom stereocenters. The van der Waals surface area contributed by atoms with Gasteiger partial charge in [-0.25, -0.2) is 0 Å². The molecule has 0 spiro atoms. The van der Waals surface area contributed by atoms with Crippen LogP contribution in [-0.2, 0) is 11.0 Å². The largest absolute Gasteiger partial charge is 0.490 e. The summed E-state index contributed by atoms with van der Waals surface area (Å²) in [5.41, 5.74) is 0.937. The second-order valence-corrected chi connectivity index (χ2v) is 8.75. The van der Waals surface area contributed by atoms with Crippen molar-refractivity contribution < 1.29 is 27.4 Å². The number of anilines is 1. The fourth-order valence-corrected chi connectivity index (χ4v) is 4.13. The molecule has 37 heavy (non-hydrogen) atoms. The van der Waals surface area contributed by atoms with Gasteiger partial charge in [-0.3, -0.25) is 4.79 Å². The van der Waals surface area contributed by atoms with Crippen molar-refractivity contribution in [3.8, 4) is 11.5 Å². The fourth-order valence-electron chi connectivity index (χ4n) is 3.69. The summed E-state index contributed by atoms with van der Waals surface area (Å²) >= 11 is 3.52. The number of halogens is 4. The summed E-state index contributed by atoms with van der Waals surface area (Å²) in [6.07, 6.45) is -1.31. The molecular weight excluding hydrogens is 549 g/mol. The van der Waals surface area contributed by atoms with Crippen molar-refractivity contribution in [3.63, 3.8) is 0 Å². The maximum atomic E-state index is 13.6. The molecule has 0 aromatic heterocycles. The van der Waals surface area contributed by atoms with Gasteiger partial charge in [0.1, 0.15) is 12.3 Å². The minimum atomic E-state index is -4.56. The summed E-state index contributed by atoms with van der Waals surface area (Å²) in [6, 6.07) is 16.9. The zero-order valence-electron chi connectivity index (χ0n) is 19.8. The third-order valence-corrected chi connectivity index (χ3v) is 6.05. The van der Waals surface area contributed by atoms with Crippen LogP contribution >= 0.6 is 15.9 Å². The highest BCUT2D eigenvalue weighted by atomic mass is 79.9. The molecule has 0 N–H and O–H groups in total. The van der Waals surface area contributed by atoms with Gasteiger partial charge in [0.25, 0.3) is 5.91 Å². The Morgan fingerprint density at radius 1 is 1.03 bits per heavy atom. The van der Waals surface area contributed by atoms with Gasteiger partial charge in [-0.05, 0) is 48.9 Å². The molecular formula is C28H22BrF3N2O3. The van der Waals surface area contributed by atoms with Crippen molar-refractivity contribution in [3.05, 3.63) is 106 Å². The fraction of sp³-hybridized carbons (Fsp3) is 0.143. The van der Waals surface area contributed by atoms with Crippen molar-refractivity contribution in [2.24, 2.45) is 5.10 Å². The molecule has 5 nitrogen and oxygen atoms in total. The molecule has 190 valence electrons. The van der Waals surface area contributed by atoms with Crippen LogP contribution in [0, 0.1) is 0 Å². The van der Waals surface area contributed by atoms with E-state index in [4.69, 9.17) is 9.47 Å². The molecule has 1 aliphatic heterocycles. The summed E-state index contributed by atoms with van der Waals surface area (Å²) in [7, 11) is 0. The summed E-state index contributed by atoms with van der Waals surface area (Å²) in [5.74, 6) is 0.406. The standard InChI is InChI=1S/C28H22BrF3N2O3/c1-3-13-37-25-17-23(29)19(15-24(25)36-4-2)14-22-26(18-9-6-5-7-10-18)33-34(27(22)35)21-12-8-11-20(16-21)28(30,31)32/h3,5-12,14-17H,1,4,13H2,2H3/b22-14-. The van der Waals surface area contributed by atoms with Crippen LogP contribution in [0.4, 0.5) is 18.9 Å². The highest BCUT2D eigenvalue weighted by molar-refractivity contribution is 9.10. The highest BCUT2D eigenvalue weighted by Crippen LogP contribution is 2.37. The molecule has 3 aromatic rings. The Balaban J connectivity index is 1.82. The molecule has 0 aliphatic carbocycles. The second-order valence-electron chi connectivity index (χ2n) is 7.89. The van der Waals surface area contributed by atoms with Gasteiger partial charge in [-0.15, -0.1) is 0 Å². The Bertz CT molecular complexity index is 1390. The first kappa shape index (κ1) is 26.2. The summed E-state index contributed by atoms with van der Waals surface area (Å²) < 4.78 is 52.0. The zero-order chi connectivity index (χ0) is 26.6. The predicted octanol–water partition coefficient (Wildman–Crippen LogP) is 7.27. The minimum absolute atomic E-state index is 0.0129. The van der Waals surface area contributed by atoms with Gasteiger partial charge < -0.3 is 9.47 Å². The summed E-state index contributed by atoms with van der Waals surface area (Å²) in [5, 5.41) is 5.43. The Kier molecular flexibility index (Phi) is 7.83. The van der Waals surface area contributed by atoms with Gasteiger partial charge in [-0.2, -0.15) is 23.3 Å². The van der Waals surface area contributed by atoms with Crippen LogP contribution in [0.1, 0.15) is 23.6 Å². The van der Waals surface area contributed by atoms with Gasteiger partial charge in [0.05, 0.1) is 23.4 Å². The monoisotopic (exact) mass is 570 g/mol. The first-order valence-electron chi connectivity index (χ1n) is 11.3. The van der Waals surface area contributed by atoms with Gasteiger partial charge in [0, 0.05) is 10.0 Å². The average molecular weight is 571 g/mol. The van der Waals surface area contributed by atoms with E-state index in [1.165, 1.54) is 12.1 Å². The molecule has 0 saturated carbocycles. The minimum Gasteiger partial charge on any atom is -0.490 e. The Morgan fingerprint density at radius 3 is 2.43 bits per heavy atom. The molecule has 0 atom stereocenters. The second kappa shape index (κ2) is 11.0. The normalized spacial score (nSPS) is 14.6. The van der Waals surface area contributed by atoms with Gasteiger partial charge in [0.15, 0.2) is 11.5 Å². The maximum absolute atomic E-state index is 13.6. The number of ether oxygens (including phenoxy) is 2. The number of hydrogen-bond acceptors (Lipinski definition) is 4. The molecule has 9 heteroatoms. The molecule has 1 heterocycles. The number of hydrogen-bond donors (Lipinski definition) is 0. The SMILES string of the molecule is C=CCOc1cc(Br)c(/C=C2\C(=O)N(c3cccc(C(F)(F)F)c3)N=C2c2ccccc2)cc1OCC. The molecule has 4 rings (SSSR count). The van der Waals surface area contributed by atoms with E-state index >= 15 is 0 Å². The highest BCUT2D eigenvalue weighted by Gasteiger charge is 2.35. The van der Waals surface area contributed by atoms with Crippen LogP contribution in [-0.4, -0.2) is 24.8 Å². The van der Waals surface area contributed by atoms with E-state index < -0.39 is 17.6 Å². The number of benzene rings is 3. The topological polar surface area (TPSA) is 51.1 Å². The molecule has 3 aromatic carbocycles. The van der Waals surface area contributed by atoms with E-state index in [0.717, 1.165) is 17.1 Å². The van der Waals surface area contributed by atoms with Crippen molar-refractivity contribution in [1.82, 2.24) is 0 Å². The first-order chi connectivity index (χ1) is 17.7. The Hall–Kier alpha value is -3.85. The molecule has 0 bridgehead atoms. The van der Waals surface area contributed by atoms with Crippen LogP contribution in [0.25, 0.3) is 6.08 Å². The van der Waals surface area contributed by atoms with Gasteiger partial charge >= 0.3 is 6.18 Å². The summed E-state index contributed by atoms with van der Waals surface area (Å²) in [4.78, 5) is 13.6. The van der Waals surface area contributed by atoms with Crippen LogP contribution in [0.3, 0.4) is 0 Å². The van der Waals surface area contributed by atoms with Crippen molar-refractivity contribution >= 4 is 39.3 Å². The van der Waals surface area contributed by atoms with Crippen LogP contribution in [0.2, 0.25) is 0 Å². The Morgan fingerprint density at radius 2 is 1.76 bits per heavy atom. The lowest BCUT2D eigenvalue weighted by Gasteiger charge is -2.15. The third-order valence-electron chi connectivity index (χ3n) is 5.36. The number of amides is 1. The molecule has 1 amide bonds. The third kappa shape index (κ3) is 5.77. The Labute approximate surface area is 220 Å². The zero-order valence-corrected chi connectivity index (χ0v) is 21.3. The molecule has 0 radical (unpaired) electrons. The van der Waals surface area contributed by atoms with Crippen molar-refractivity contribution in [1.29, 1.82) is 0 Å². The number of carbonyl (C=O) groups is 1. The quantitative estimate of drug-likeness (QED) is 0.211. The number of carbonyl (C=O) groups excluding carboxylic acids is 1.